The third-order valence-electron chi connectivity index (χ3n) is 8.20. The Morgan fingerprint density at radius 1 is 1.19 bits per heavy atom. The topological polar surface area (TPSA) is 41.5 Å². The molecule has 1 spiro atoms. The van der Waals surface area contributed by atoms with Crippen LogP contribution >= 0.6 is 0 Å². The molecule has 3 aliphatic carbocycles. The number of nitrogens with zero attached hydrogens (tertiary/aromatic N) is 4. The van der Waals surface area contributed by atoms with Crippen LogP contribution in [-0.2, 0) is 0 Å². The zero-order valence-corrected chi connectivity index (χ0v) is 20.0. The number of aromatic nitrogens is 2. The van der Waals surface area contributed by atoms with E-state index in [1.807, 2.05) is 44.3 Å². The fourth-order valence-electron chi connectivity index (χ4n) is 6.39. The Morgan fingerprint density at radius 2 is 1.97 bits per heavy atom. The van der Waals surface area contributed by atoms with Crippen molar-refractivity contribution in [1.82, 2.24) is 20.0 Å². The Kier molecular flexibility index (Phi) is 5.87. The van der Waals surface area contributed by atoms with Crippen molar-refractivity contribution in [3.05, 3.63) is 48.3 Å². The minimum atomic E-state index is 0.287. The highest BCUT2D eigenvalue weighted by molar-refractivity contribution is 5.75. The van der Waals surface area contributed by atoms with Crippen molar-refractivity contribution in [2.75, 3.05) is 33.7 Å². The van der Waals surface area contributed by atoms with Crippen LogP contribution in [-0.4, -0.2) is 59.8 Å². The number of rotatable bonds is 7. The number of fused-ring (bicyclic) bond motifs is 2. The van der Waals surface area contributed by atoms with Crippen molar-refractivity contribution < 1.29 is 4.74 Å². The number of likely N-dealkylation sites (tertiary alicyclic amines) is 1. The maximum absolute atomic E-state index is 6.17. The first kappa shape index (κ1) is 21.7. The van der Waals surface area contributed by atoms with Gasteiger partial charge in [-0.3, -0.25) is 0 Å². The average molecular weight is 435 g/mol. The van der Waals surface area contributed by atoms with Crippen LogP contribution in [0.4, 0.5) is 0 Å². The van der Waals surface area contributed by atoms with E-state index < -0.39 is 0 Å². The lowest BCUT2D eigenvalue weighted by Crippen LogP contribution is -2.51. The van der Waals surface area contributed by atoms with Crippen LogP contribution in [0.5, 0.6) is 5.88 Å². The van der Waals surface area contributed by atoms with Crippen molar-refractivity contribution in [3.8, 4) is 5.88 Å². The van der Waals surface area contributed by atoms with E-state index in [9.17, 15) is 0 Å². The molecule has 1 saturated heterocycles. The van der Waals surface area contributed by atoms with Gasteiger partial charge in [-0.25, -0.2) is 0 Å². The zero-order chi connectivity index (χ0) is 22.3. The molecule has 32 heavy (non-hydrogen) atoms. The molecule has 4 aliphatic rings. The summed E-state index contributed by atoms with van der Waals surface area (Å²) in [5, 5.41) is 8.75. The summed E-state index contributed by atoms with van der Waals surface area (Å²) < 4.78 is 6.17. The van der Waals surface area contributed by atoms with E-state index in [2.05, 4.69) is 33.8 Å². The van der Waals surface area contributed by atoms with E-state index in [1.54, 1.807) is 0 Å². The van der Waals surface area contributed by atoms with Gasteiger partial charge in [0.25, 0.3) is 0 Å². The van der Waals surface area contributed by atoms with Crippen LogP contribution < -0.4 is 4.74 Å². The minimum absolute atomic E-state index is 0.287. The SMILES string of the molecule is C=C(C)/C(=C\N(C)C)c1ccc(OC2CC3(CCN(CC4CC5C=CC4C5)CC3)C2)nn1. The second-order valence-corrected chi connectivity index (χ2v) is 11.0. The maximum atomic E-state index is 6.17. The highest BCUT2D eigenvalue weighted by Gasteiger charge is 2.47. The molecule has 5 nitrogen and oxygen atoms in total. The van der Waals surface area contributed by atoms with Crippen molar-refractivity contribution in [1.29, 1.82) is 0 Å². The number of hydrogen-bond acceptors (Lipinski definition) is 5. The van der Waals surface area contributed by atoms with Gasteiger partial charge in [-0.1, -0.05) is 18.7 Å². The van der Waals surface area contributed by atoms with Gasteiger partial charge in [-0.2, -0.15) is 0 Å². The van der Waals surface area contributed by atoms with Gasteiger partial charge in [0, 0.05) is 38.5 Å². The molecule has 2 bridgehead atoms. The van der Waals surface area contributed by atoms with Crippen LogP contribution in [0.1, 0.15) is 51.1 Å². The van der Waals surface area contributed by atoms with Gasteiger partial charge in [-0.15, -0.1) is 10.2 Å². The van der Waals surface area contributed by atoms with Gasteiger partial charge in [-0.05, 0) is 93.3 Å². The lowest BCUT2D eigenvalue weighted by Gasteiger charge is -2.52. The van der Waals surface area contributed by atoms with E-state index in [0.29, 0.717) is 11.3 Å². The third kappa shape index (κ3) is 4.50. The summed E-state index contributed by atoms with van der Waals surface area (Å²) in [6.45, 7) is 9.91. The molecule has 5 heteroatoms. The summed E-state index contributed by atoms with van der Waals surface area (Å²) in [5.74, 6) is 3.31. The Balaban J connectivity index is 1.09. The Hall–Kier alpha value is -2.14. The first-order valence-corrected chi connectivity index (χ1v) is 12.3. The second kappa shape index (κ2) is 8.66. The van der Waals surface area contributed by atoms with Crippen molar-refractivity contribution in [3.63, 3.8) is 0 Å². The molecule has 0 N–H and O–H groups in total. The molecule has 1 aliphatic heterocycles. The van der Waals surface area contributed by atoms with Crippen molar-refractivity contribution >= 4 is 5.57 Å². The van der Waals surface area contributed by atoms with Crippen LogP contribution in [0.2, 0.25) is 0 Å². The summed E-state index contributed by atoms with van der Waals surface area (Å²) in [6, 6.07) is 3.94. The van der Waals surface area contributed by atoms with Gasteiger partial charge in [0.15, 0.2) is 0 Å². The molecule has 5 rings (SSSR count). The molecule has 3 unspecified atom stereocenters. The lowest BCUT2D eigenvalue weighted by atomic mass is 9.61. The molecule has 1 aromatic rings. The number of piperidine rings is 1. The van der Waals surface area contributed by atoms with Gasteiger partial charge in [0.2, 0.25) is 5.88 Å². The Bertz CT molecular complexity index is 887. The first-order chi connectivity index (χ1) is 15.4. The monoisotopic (exact) mass is 434 g/mol. The predicted octanol–water partition coefficient (Wildman–Crippen LogP) is 4.79. The highest BCUT2D eigenvalue weighted by atomic mass is 16.5. The van der Waals surface area contributed by atoms with E-state index >= 15 is 0 Å². The number of hydrogen-bond donors (Lipinski definition) is 0. The molecule has 0 amide bonds. The summed E-state index contributed by atoms with van der Waals surface area (Å²) in [7, 11) is 4.00. The summed E-state index contributed by atoms with van der Waals surface area (Å²) in [5.41, 5.74) is 3.32. The van der Waals surface area contributed by atoms with Gasteiger partial charge in [0.1, 0.15) is 6.10 Å². The summed E-state index contributed by atoms with van der Waals surface area (Å²) in [4.78, 5) is 4.74. The summed E-state index contributed by atoms with van der Waals surface area (Å²) in [6.07, 6.45) is 15.1. The molecule has 0 radical (unpaired) electrons. The fraction of sp³-hybridized carbons (Fsp3) is 0.630. The zero-order valence-electron chi connectivity index (χ0n) is 20.0. The Morgan fingerprint density at radius 3 is 2.53 bits per heavy atom. The van der Waals surface area contributed by atoms with Crippen molar-refractivity contribution in [2.45, 2.75) is 51.6 Å². The van der Waals surface area contributed by atoms with Gasteiger partial charge in [0.05, 0.1) is 5.69 Å². The Labute approximate surface area is 193 Å². The molecule has 172 valence electrons. The molecule has 1 aromatic heterocycles. The molecule has 2 heterocycles. The van der Waals surface area contributed by atoms with Crippen LogP contribution in [0.15, 0.2) is 42.6 Å². The minimum Gasteiger partial charge on any atom is -0.473 e. The summed E-state index contributed by atoms with van der Waals surface area (Å²) >= 11 is 0. The largest absolute Gasteiger partial charge is 0.473 e. The van der Waals surface area contributed by atoms with E-state index in [-0.39, 0.29) is 6.10 Å². The molecule has 3 fully saturated rings. The number of allylic oxidation sites excluding steroid dienone is 4. The fourth-order valence-corrected chi connectivity index (χ4v) is 6.39. The van der Waals surface area contributed by atoms with E-state index in [1.165, 1.54) is 58.2 Å². The van der Waals surface area contributed by atoms with Crippen LogP contribution in [0, 0.1) is 23.2 Å². The predicted molar refractivity (Wildman–Crippen MR) is 129 cm³/mol. The normalized spacial score (nSPS) is 29.3. The standard InChI is InChI=1S/C27H38N4O/c1-19(2)24(18-30(3)4)25-7-8-26(29-28-25)32-23-15-27(16-23)9-11-31(12-10-27)17-22-14-20-5-6-21(22)13-20/h5-8,18,20-23H,1,9-17H2,2-4H3/b24-18+. The van der Waals surface area contributed by atoms with E-state index in [4.69, 9.17) is 4.74 Å². The molecular weight excluding hydrogens is 396 g/mol. The molecule has 0 aromatic carbocycles. The van der Waals surface area contributed by atoms with Gasteiger partial charge >= 0.3 is 0 Å². The lowest BCUT2D eigenvalue weighted by molar-refractivity contribution is -0.0592. The molecular formula is C27H38N4O. The van der Waals surface area contributed by atoms with Gasteiger partial charge < -0.3 is 14.5 Å². The highest BCUT2D eigenvalue weighted by Crippen LogP contribution is 2.51. The number of ether oxygens (including phenoxy) is 1. The van der Waals surface area contributed by atoms with Crippen molar-refractivity contribution in [2.24, 2.45) is 23.2 Å². The molecule has 3 atom stereocenters. The average Bonchev–Trinajstić information content (AvgIpc) is 3.36. The quantitative estimate of drug-likeness (QED) is 0.456. The van der Waals surface area contributed by atoms with Crippen LogP contribution in [0.25, 0.3) is 5.57 Å². The van der Waals surface area contributed by atoms with E-state index in [0.717, 1.165) is 34.6 Å². The molecule has 2 saturated carbocycles. The second-order valence-electron chi connectivity index (χ2n) is 11.0. The first-order valence-electron chi connectivity index (χ1n) is 12.3. The van der Waals surface area contributed by atoms with Crippen LogP contribution in [0.3, 0.4) is 0 Å². The smallest absolute Gasteiger partial charge is 0.233 e. The maximum Gasteiger partial charge on any atom is 0.233 e. The third-order valence-corrected chi connectivity index (χ3v) is 8.20.